The lowest BCUT2D eigenvalue weighted by Crippen LogP contribution is -2.20. The van der Waals surface area contributed by atoms with Crippen molar-refractivity contribution in [2.75, 3.05) is 28.6 Å². The fourth-order valence-electron chi connectivity index (χ4n) is 3.43. The molecular weight excluding hydrogens is 370 g/mol. The van der Waals surface area contributed by atoms with Crippen LogP contribution in [0.2, 0.25) is 0 Å². The second-order valence-electron chi connectivity index (χ2n) is 6.64. The molecule has 2 aromatic carbocycles. The van der Waals surface area contributed by atoms with Crippen LogP contribution >= 0.6 is 11.3 Å². The molecule has 142 valence electrons. The molecule has 1 aliphatic heterocycles. The first kappa shape index (κ1) is 18.3. The molecule has 0 saturated carbocycles. The lowest BCUT2D eigenvalue weighted by molar-refractivity contribution is 0.102. The fourth-order valence-corrected chi connectivity index (χ4v) is 4.06. The van der Waals surface area contributed by atoms with E-state index in [1.165, 1.54) is 22.6 Å². The van der Waals surface area contributed by atoms with E-state index in [9.17, 15) is 9.59 Å². The molecule has 28 heavy (non-hydrogen) atoms. The molecule has 0 spiro atoms. The Morgan fingerprint density at radius 2 is 1.93 bits per heavy atom. The molecule has 6 heteroatoms. The predicted octanol–water partition coefficient (Wildman–Crippen LogP) is 4.64. The lowest BCUT2D eigenvalue weighted by Gasteiger charge is -2.17. The predicted molar refractivity (Wildman–Crippen MR) is 115 cm³/mol. The van der Waals surface area contributed by atoms with Gasteiger partial charge in [0.15, 0.2) is 0 Å². The number of anilines is 3. The van der Waals surface area contributed by atoms with Crippen LogP contribution in [0.5, 0.6) is 0 Å². The van der Waals surface area contributed by atoms with Gasteiger partial charge < -0.3 is 15.5 Å². The zero-order valence-corrected chi connectivity index (χ0v) is 16.4. The molecule has 0 fully saturated rings. The zero-order valence-electron chi connectivity index (χ0n) is 15.6. The van der Waals surface area contributed by atoms with Crippen LogP contribution in [-0.4, -0.2) is 24.9 Å². The maximum Gasteiger partial charge on any atom is 0.257 e. The molecule has 0 radical (unpaired) electrons. The Labute approximate surface area is 168 Å². The van der Waals surface area contributed by atoms with Crippen LogP contribution in [0.3, 0.4) is 0 Å². The molecule has 0 unspecified atom stereocenters. The van der Waals surface area contributed by atoms with Crippen LogP contribution in [-0.2, 0) is 6.42 Å². The lowest BCUT2D eigenvalue weighted by atomic mass is 10.1. The van der Waals surface area contributed by atoms with Gasteiger partial charge in [0.1, 0.15) is 0 Å². The summed E-state index contributed by atoms with van der Waals surface area (Å²) in [5, 5.41) is 9.43. The number of nitrogens with one attached hydrogen (secondary N) is 2. The van der Waals surface area contributed by atoms with E-state index in [4.69, 9.17) is 0 Å². The molecule has 1 aliphatic rings. The molecule has 5 nitrogen and oxygen atoms in total. The minimum Gasteiger partial charge on any atom is -0.371 e. The number of carbonyl (C=O) groups is 2. The minimum atomic E-state index is -0.248. The van der Waals surface area contributed by atoms with E-state index in [0.717, 1.165) is 25.2 Å². The van der Waals surface area contributed by atoms with E-state index in [1.54, 1.807) is 35.7 Å². The van der Waals surface area contributed by atoms with Gasteiger partial charge in [0, 0.05) is 29.8 Å². The number of fused-ring (bicyclic) bond motifs is 1. The van der Waals surface area contributed by atoms with Crippen molar-refractivity contribution >= 4 is 40.2 Å². The van der Waals surface area contributed by atoms with Crippen molar-refractivity contribution in [3.63, 3.8) is 0 Å². The summed E-state index contributed by atoms with van der Waals surface area (Å²) in [6, 6.07) is 14.8. The number of hydrogen-bond acceptors (Lipinski definition) is 4. The molecule has 2 amide bonds. The summed E-state index contributed by atoms with van der Waals surface area (Å²) in [6.45, 7) is 4.09. The molecule has 0 aliphatic carbocycles. The van der Waals surface area contributed by atoms with Crippen molar-refractivity contribution in [2.24, 2.45) is 0 Å². The molecule has 0 bridgehead atoms. The number of carbonyl (C=O) groups excluding carboxylic acids is 2. The van der Waals surface area contributed by atoms with Crippen molar-refractivity contribution < 1.29 is 9.59 Å². The van der Waals surface area contributed by atoms with Crippen LogP contribution in [0.4, 0.5) is 17.1 Å². The highest BCUT2D eigenvalue weighted by atomic mass is 32.1. The summed E-state index contributed by atoms with van der Waals surface area (Å²) in [6.07, 6.45) is 1.04. The molecular formula is C22H21N3O2S. The number of likely N-dealkylation sites (N-methyl/N-ethyl adjacent to an activating group) is 1. The van der Waals surface area contributed by atoms with Gasteiger partial charge >= 0.3 is 0 Å². The van der Waals surface area contributed by atoms with Crippen LogP contribution in [0.15, 0.2) is 59.3 Å². The van der Waals surface area contributed by atoms with E-state index in [2.05, 4.69) is 28.5 Å². The largest absolute Gasteiger partial charge is 0.371 e. The van der Waals surface area contributed by atoms with E-state index >= 15 is 0 Å². The molecule has 2 heterocycles. The second-order valence-corrected chi connectivity index (χ2v) is 7.42. The molecule has 0 saturated heterocycles. The summed E-state index contributed by atoms with van der Waals surface area (Å²) in [5.74, 6) is -0.472. The van der Waals surface area contributed by atoms with E-state index in [1.807, 2.05) is 17.5 Å². The number of para-hydroxylation sites is 1. The summed E-state index contributed by atoms with van der Waals surface area (Å²) in [5.41, 5.74) is 4.75. The summed E-state index contributed by atoms with van der Waals surface area (Å²) < 4.78 is 0. The molecule has 4 rings (SSSR count). The Hall–Kier alpha value is -3.12. The normalized spacial score (nSPS) is 12.5. The van der Waals surface area contributed by atoms with Gasteiger partial charge in [0.05, 0.1) is 16.8 Å². The third-order valence-corrected chi connectivity index (χ3v) is 5.60. The Morgan fingerprint density at radius 1 is 1.07 bits per heavy atom. The number of amides is 2. The first-order chi connectivity index (χ1) is 13.7. The van der Waals surface area contributed by atoms with Crippen molar-refractivity contribution in [1.29, 1.82) is 0 Å². The maximum atomic E-state index is 12.9. The highest BCUT2D eigenvalue weighted by molar-refractivity contribution is 7.08. The second kappa shape index (κ2) is 7.86. The third-order valence-electron chi connectivity index (χ3n) is 4.92. The Kier molecular flexibility index (Phi) is 5.12. The average Bonchev–Trinajstić information content (AvgIpc) is 3.38. The SMILES string of the molecule is CCN1CCc2ccc(NC(=O)c3ccccc3NC(=O)c3ccsc3)cc21. The third kappa shape index (κ3) is 3.64. The first-order valence-electron chi connectivity index (χ1n) is 9.27. The van der Waals surface area contributed by atoms with Gasteiger partial charge in [-0.3, -0.25) is 9.59 Å². The van der Waals surface area contributed by atoms with Gasteiger partial charge in [-0.15, -0.1) is 0 Å². The number of thiophene rings is 1. The molecule has 3 aromatic rings. The number of hydrogen-bond donors (Lipinski definition) is 2. The summed E-state index contributed by atoms with van der Waals surface area (Å²) in [7, 11) is 0. The Bertz CT molecular complexity index is 1010. The van der Waals surface area contributed by atoms with Crippen LogP contribution < -0.4 is 15.5 Å². The van der Waals surface area contributed by atoms with Gasteiger partial charge in [-0.2, -0.15) is 11.3 Å². The zero-order chi connectivity index (χ0) is 19.5. The van der Waals surface area contributed by atoms with E-state index < -0.39 is 0 Å². The Morgan fingerprint density at radius 3 is 2.71 bits per heavy atom. The number of nitrogens with zero attached hydrogens (tertiary/aromatic N) is 1. The quantitative estimate of drug-likeness (QED) is 0.666. The minimum absolute atomic E-state index is 0.224. The number of rotatable bonds is 5. The highest BCUT2D eigenvalue weighted by Crippen LogP contribution is 2.31. The molecule has 2 N–H and O–H groups in total. The average molecular weight is 391 g/mol. The monoisotopic (exact) mass is 391 g/mol. The standard InChI is InChI=1S/C22H21N3O2S/c1-2-25-11-9-15-7-8-17(13-20(15)25)23-22(27)18-5-3-4-6-19(18)24-21(26)16-10-12-28-14-16/h3-8,10,12-14H,2,9,11H2,1H3,(H,23,27)(H,24,26). The van der Waals surface area contributed by atoms with Gasteiger partial charge in [-0.05, 0) is 54.6 Å². The summed E-state index contributed by atoms with van der Waals surface area (Å²) in [4.78, 5) is 27.5. The van der Waals surface area contributed by atoms with Crippen LogP contribution in [0, 0.1) is 0 Å². The molecule has 0 atom stereocenters. The van der Waals surface area contributed by atoms with Gasteiger partial charge in [0.25, 0.3) is 11.8 Å². The van der Waals surface area contributed by atoms with Gasteiger partial charge in [-0.1, -0.05) is 18.2 Å². The van der Waals surface area contributed by atoms with E-state index in [-0.39, 0.29) is 11.8 Å². The van der Waals surface area contributed by atoms with E-state index in [0.29, 0.717) is 16.8 Å². The van der Waals surface area contributed by atoms with Crippen LogP contribution in [0.1, 0.15) is 33.2 Å². The fraction of sp³-hybridized carbons (Fsp3) is 0.182. The van der Waals surface area contributed by atoms with Crippen molar-refractivity contribution in [2.45, 2.75) is 13.3 Å². The maximum absolute atomic E-state index is 12.9. The number of benzene rings is 2. The topological polar surface area (TPSA) is 61.4 Å². The first-order valence-corrected chi connectivity index (χ1v) is 10.2. The Balaban J connectivity index is 1.54. The van der Waals surface area contributed by atoms with Crippen molar-refractivity contribution in [1.82, 2.24) is 0 Å². The summed E-state index contributed by atoms with van der Waals surface area (Å²) >= 11 is 1.46. The van der Waals surface area contributed by atoms with Gasteiger partial charge in [-0.25, -0.2) is 0 Å². The smallest absolute Gasteiger partial charge is 0.257 e. The molecule has 1 aromatic heterocycles. The van der Waals surface area contributed by atoms with Gasteiger partial charge in [0.2, 0.25) is 0 Å². The van der Waals surface area contributed by atoms with Crippen molar-refractivity contribution in [3.8, 4) is 0 Å². The van der Waals surface area contributed by atoms with Crippen molar-refractivity contribution in [3.05, 3.63) is 76.0 Å². The van der Waals surface area contributed by atoms with Crippen LogP contribution in [0.25, 0.3) is 0 Å². The highest BCUT2D eigenvalue weighted by Gasteiger charge is 2.19.